The maximum atomic E-state index is 9.70. The van der Waals surface area contributed by atoms with Gasteiger partial charge in [-0.3, -0.25) is 0 Å². The topological polar surface area (TPSA) is 44.7 Å². The zero-order valence-corrected chi connectivity index (χ0v) is 14.2. The Morgan fingerprint density at radius 1 is 1.08 bits per heavy atom. The van der Waals surface area contributed by atoms with Gasteiger partial charge in [-0.25, -0.2) is 0 Å². The highest BCUT2D eigenvalue weighted by Crippen LogP contribution is 2.24. The van der Waals surface area contributed by atoms with E-state index in [1.54, 1.807) is 7.11 Å². The van der Waals surface area contributed by atoms with Crippen LogP contribution in [0, 0.1) is 0 Å². The van der Waals surface area contributed by atoms with E-state index >= 15 is 0 Å². The van der Waals surface area contributed by atoms with Gasteiger partial charge in [-0.05, 0) is 42.7 Å². The third-order valence-electron chi connectivity index (χ3n) is 4.75. The van der Waals surface area contributed by atoms with Crippen LogP contribution in [0.3, 0.4) is 0 Å². The highest BCUT2D eigenvalue weighted by molar-refractivity contribution is 5.49. The second-order valence-corrected chi connectivity index (χ2v) is 6.27. The fraction of sp³-hybridized carbons (Fsp3) is 0.400. The summed E-state index contributed by atoms with van der Waals surface area (Å²) in [7, 11) is 1.69. The monoisotopic (exact) mass is 326 g/mol. The molecule has 0 saturated carbocycles. The summed E-state index contributed by atoms with van der Waals surface area (Å²) in [6.45, 7) is 2.18. The fourth-order valence-electron chi connectivity index (χ4n) is 3.32. The number of nitrogens with one attached hydrogen (secondary N) is 1. The highest BCUT2D eigenvalue weighted by Gasteiger charge is 2.22. The summed E-state index contributed by atoms with van der Waals surface area (Å²) >= 11 is 0. The Kier molecular flexibility index (Phi) is 5.72. The number of anilines is 1. The molecule has 1 heterocycles. The molecule has 24 heavy (non-hydrogen) atoms. The van der Waals surface area contributed by atoms with Crippen molar-refractivity contribution in [2.45, 2.75) is 24.9 Å². The van der Waals surface area contributed by atoms with Gasteiger partial charge < -0.3 is 20.1 Å². The molecule has 2 aromatic carbocycles. The third-order valence-corrected chi connectivity index (χ3v) is 4.75. The first kappa shape index (κ1) is 16.8. The Labute approximate surface area is 144 Å². The van der Waals surface area contributed by atoms with Crippen molar-refractivity contribution in [3.05, 3.63) is 60.2 Å². The minimum absolute atomic E-state index is 0.0173. The smallest absolute Gasteiger partial charge is 0.119 e. The van der Waals surface area contributed by atoms with Gasteiger partial charge in [0.15, 0.2) is 0 Å². The quantitative estimate of drug-likeness (QED) is 0.856. The molecule has 0 radical (unpaired) electrons. The summed E-state index contributed by atoms with van der Waals surface area (Å²) in [4.78, 5) is 2.41. The van der Waals surface area contributed by atoms with E-state index in [-0.39, 0.29) is 12.6 Å². The van der Waals surface area contributed by atoms with Crippen molar-refractivity contribution < 1.29 is 9.84 Å². The van der Waals surface area contributed by atoms with E-state index in [4.69, 9.17) is 4.74 Å². The number of aliphatic hydroxyl groups excluding tert-OH is 1. The molecule has 0 aliphatic carbocycles. The van der Waals surface area contributed by atoms with Gasteiger partial charge in [-0.1, -0.05) is 30.3 Å². The predicted octanol–water partition coefficient (Wildman–Crippen LogP) is 2.99. The maximum Gasteiger partial charge on any atom is 0.119 e. The third kappa shape index (κ3) is 4.08. The normalized spacial score (nSPS) is 16.8. The first-order valence-electron chi connectivity index (χ1n) is 8.61. The van der Waals surface area contributed by atoms with Gasteiger partial charge >= 0.3 is 0 Å². The summed E-state index contributed by atoms with van der Waals surface area (Å²) in [6.07, 6.45) is 2.16. The van der Waals surface area contributed by atoms with Crippen molar-refractivity contribution >= 4 is 5.69 Å². The lowest BCUT2D eigenvalue weighted by Crippen LogP contribution is -2.44. The van der Waals surface area contributed by atoms with Crippen LogP contribution in [0.5, 0.6) is 5.75 Å². The molecule has 4 nitrogen and oxygen atoms in total. The van der Waals surface area contributed by atoms with Crippen LogP contribution in [0.4, 0.5) is 5.69 Å². The predicted molar refractivity (Wildman–Crippen MR) is 97.6 cm³/mol. The Bertz CT molecular complexity index is 607. The standard InChI is InChI=1S/C20H26N2O2/c1-24-19-9-7-18(8-10-19)22-13-11-17(12-14-22)21-20(15-23)16-5-3-2-4-6-16/h2-10,17,20-21,23H,11-15H2,1H3. The van der Waals surface area contributed by atoms with Crippen LogP contribution in [0.25, 0.3) is 0 Å². The Hall–Kier alpha value is -2.04. The number of methoxy groups -OCH3 is 1. The van der Waals surface area contributed by atoms with Crippen LogP contribution in [0.1, 0.15) is 24.4 Å². The van der Waals surface area contributed by atoms with Crippen LogP contribution in [0.15, 0.2) is 54.6 Å². The van der Waals surface area contributed by atoms with Crippen molar-refractivity contribution in [2.75, 3.05) is 31.7 Å². The van der Waals surface area contributed by atoms with E-state index in [0.717, 1.165) is 37.2 Å². The highest BCUT2D eigenvalue weighted by atomic mass is 16.5. The number of hydrogen-bond donors (Lipinski definition) is 2. The summed E-state index contributed by atoms with van der Waals surface area (Å²) in [5.74, 6) is 0.893. The number of hydrogen-bond acceptors (Lipinski definition) is 4. The lowest BCUT2D eigenvalue weighted by atomic mass is 10.0. The molecule has 128 valence electrons. The molecule has 2 N–H and O–H groups in total. The number of aliphatic hydroxyl groups is 1. The van der Waals surface area contributed by atoms with E-state index < -0.39 is 0 Å². The maximum absolute atomic E-state index is 9.70. The number of ether oxygens (including phenoxy) is 1. The number of nitrogens with zero attached hydrogens (tertiary/aromatic N) is 1. The first-order chi connectivity index (χ1) is 11.8. The molecule has 1 aliphatic heterocycles. The van der Waals surface area contributed by atoms with Crippen molar-refractivity contribution in [1.29, 1.82) is 0 Å². The van der Waals surface area contributed by atoms with Crippen molar-refractivity contribution in [3.63, 3.8) is 0 Å². The molecule has 3 rings (SSSR count). The second-order valence-electron chi connectivity index (χ2n) is 6.27. The summed E-state index contributed by atoms with van der Waals surface area (Å²) < 4.78 is 5.22. The minimum Gasteiger partial charge on any atom is -0.497 e. The van der Waals surface area contributed by atoms with Gasteiger partial charge in [0.2, 0.25) is 0 Å². The second kappa shape index (κ2) is 8.18. The first-order valence-corrected chi connectivity index (χ1v) is 8.61. The van der Waals surface area contributed by atoms with Crippen molar-refractivity contribution in [3.8, 4) is 5.75 Å². The molecule has 0 bridgehead atoms. The largest absolute Gasteiger partial charge is 0.497 e. The van der Waals surface area contributed by atoms with Gasteiger partial charge in [0, 0.05) is 24.8 Å². The molecular formula is C20H26N2O2. The molecular weight excluding hydrogens is 300 g/mol. The fourth-order valence-corrected chi connectivity index (χ4v) is 3.32. The minimum atomic E-state index is 0.0173. The average Bonchev–Trinajstić information content (AvgIpc) is 2.67. The van der Waals surface area contributed by atoms with Crippen LogP contribution in [-0.4, -0.2) is 38.0 Å². The number of piperidine rings is 1. The molecule has 1 saturated heterocycles. The Morgan fingerprint density at radius 3 is 2.33 bits per heavy atom. The molecule has 0 amide bonds. The molecule has 0 spiro atoms. The lowest BCUT2D eigenvalue weighted by Gasteiger charge is -2.35. The Balaban J connectivity index is 1.54. The summed E-state index contributed by atoms with van der Waals surface area (Å²) in [5, 5.41) is 13.3. The van der Waals surface area contributed by atoms with E-state index in [0.29, 0.717) is 6.04 Å². The van der Waals surface area contributed by atoms with Crippen molar-refractivity contribution in [2.24, 2.45) is 0 Å². The van der Waals surface area contributed by atoms with Crippen molar-refractivity contribution in [1.82, 2.24) is 5.32 Å². The number of benzene rings is 2. The van der Waals surface area contributed by atoms with Crippen LogP contribution < -0.4 is 15.0 Å². The van der Waals surface area contributed by atoms with E-state index in [1.165, 1.54) is 5.69 Å². The number of rotatable bonds is 6. The molecule has 1 atom stereocenters. The van der Waals surface area contributed by atoms with Gasteiger partial charge in [-0.15, -0.1) is 0 Å². The zero-order chi connectivity index (χ0) is 16.8. The molecule has 2 aromatic rings. The molecule has 0 aromatic heterocycles. The molecule has 1 aliphatic rings. The van der Waals surface area contributed by atoms with E-state index in [1.807, 2.05) is 30.3 Å². The summed E-state index contributed by atoms with van der Waals surface area (Å²) in [5.41, 5.74) is 2.40. The van der Waals surface area contributed by atoms with Crippen LogP contribution >= 0.6 is 0 Å². The van der Waals surface area contributed by atoms with Gasteiger partial charge in [0.05, 0.1) is 19.8 Å². The van der Waals surface area contributed by atoms with Gasteiger partial charge in [0.25, 0.3) is 0 Å². The van der Waals surface area contributed by atoms with E-state index in [9.17, 15) is 5.11 Å². The van der Waals surface area contributed by atoms with Crippen LogP contribution in [-0.2, 0) is 0 Å². The zero-order valence-electron chi connectivity index (χ0n) is 14.2. The molecule has 1 fully saturated rings. The summed E-state index contributed by atoms with van der Waals surface area (Å²) in [6, 6.07) is 18.9. The average molecular weight is 326 g/mol. The Morgan fingerprint density at radius 2 is 1.75 bits per heavy atom. The molecule has 4 heteroatoms. The lowest BCUT2D eigenvalue weighted by molar-refractivity contribution is 0.225. The van der Waals surface area contributed by atoms with Gasteiger partial charge in [-0.2, -0.15) is 0 Å². The SMILES string of the molecule is COc1ccc(N2CCC(NC(CO)c3ccccc3)CC2)cc1. The van der Waals surface area contributed by atoms with Crippen LogP contribution in [0.2, 0.25) is 0 Å². The van der Waals surface area contributed by atoms with E-state index in [2.05, 4.69) is 34.5 Å². The molecule has 1 unspecified atom stereocenters. The van der Waals surface area contributed by atoms with Gasteiger partial charge in [0.1, 0.15) is 5.75 Å².